The summed E-state index contributed by atoms with van der Waals surface area (Å²) in [6.07, 6.45) is -0.149. The Balaban J connectivity index is 1.74. The van der Waals surface area contributed by atoms with Crippen LogP contribution in [0.15, 0.2) is 48.5 Å². The molecule has 0 unspecified atom stereocenters. The molecule has 1 aliphatic carbocycles. The van der Waals surface area contributed by atoms with Gasteiger partial charge in [-0.2, -0.15) is 13.2 Å². The van der Waals surface area contributed by atoms with Crippen LogP contribution in [0.5, 0.6) is 0 Å². The van der Waals surface area contributed by atoms with E-state index in [2.05, 4.69) is 29.7 Å². The highest BCUT2D eigenvalue weighted by atomic mass is 32.1. The van der Waals surface area contributed by atoms with Gasteiger partial charge in [0.1, 0.15) is 0 Å². The number of anilines is 1. The van der Waals surface area contributed by atoms with Gasteiger partial charge in [-0.05, 0) is 67.4 Å². The minimum atomic E-state index is -4.34. The van der Waals surface area contributed by atoms with E-state index in [4.69, 9.17) is 12.2 Å². The van der Waals surface area contributed by atoms with Crippen molar-refractivity contribution in [1.29, 1.82) is 0 Å². The van der Waals surface area contributed by atoms with Gasteiger partial charge < -0.3 is 10.6 Å². The molecule has 0 atom stereocenters. The third-order valence-corrected chi connectivity index (χ3v) is 5.14. The molecule has 2 N–H and O–H groups in total. The summed E-state index contributed by atoms with van der Waals surface area (Å²) in [5.41, 5.74) is 2.08. The zero-order chi connectivity index (χ0) is 18.8. The number of nitrogens with one attached hydrogen (secondary N) is 2. The SMILES string of the molecule is Cc1ccccc1C1(NC(=S)Nc2ccc(C(F)(F)F)cc2)CCCC1. The summed E-state index contributed by atoms with van der Waals surface area (Å²) in [4.78, 5) is 0. The Morgan fingerprint density at radius 2 is 1.62 bits per heavy atom. The summed E-state index contributed by atoms with van der Waals surface area (Å²) in [5, 5.41) is 6.88. The van der Waals surface area contributed by atoms with Crippen LogP contribution in [0.1, 0.15) is 42.4 Å². The fourth-order valence-corrected chi connectivity index (χ4v) is 3.99. The van der Waals surface area contributed by atoms with Gasteiger partial charge in [-0.15, -0.1) is 0 Å². The Kier molecular flexibility index (Phi) is 5.23. The summed E-state index contributed by atoms with van der Waals surface area (Å²) in [5.74, 6) is 0. The summed E-state index contributed by atoms with van der Waals surface area (Å²) >= 11 is 5.45. The van der Waals surface area contributed by atoms with E-state index in [0.29, 0.717) is 10.8 Å². The molecule has 3 rings (SSSR count). The summed E-state index contributed by atoms with van der Waals surface area (Å²) < 4.78 is 38.0. The summed E-state index contributed by atoms with van der Waals surface area (Å²) in [7, 11) is 0. The second-order valence-electron chi connectivity index (χ2n) is 6.76. The van der Waals surface area contributed by atoms with Crippen molar-refractivity contribution in [2.75, 3.05) is 5.32 Å². The number of benzene rings is 2. The molecule has 0 spiro atoms. The van der Waals surface area contributed by atoms with Gasteiger partial charge in [0.25, 0.3) is 0 Å². The lowest BCUT2D eigenvalue weighted by Gasteiger charge is -2.33. The largest absolute Gasteiger partial charge is 0.416 e. The zero-order valence-corrected chi connectivity index (χ0v) is 15.3. The lowest BCUT2D eigenvalue weighted by atomic mass is 9.85. The quantitative estimate of drug-likeness (QED) is 0.663. The molecule has 2 nitrogen and oxygen atoms in total. The molecule has 0 aliphatic heterocycles. The van der Waals surface area contributed by atoms with Crippen molar-refractivity contribution in [3.05, 3.63) is 65.2 Å². The van der Waals surface area contributed by atoms with Gasteiger partial charge in [-0.25, -0.2) is 0 Å². The number of aryl methyl sites for hydroxylation is 1. The van der Waals surface area contributed by atoms with Gasteiger partial charge >= 0.3 is 6.18 Å². The van der Waals surface area contributed by atoms with Gasteiger partial charge in [0.2, 0.25) is 0 Å². The highest BCUT2D eigenvalue weighted by Gasteiger charge is 2.37. The lowest BCUT2D eigenvalue weighted by molar-refractivity contribution is -0.137. The second kappa shape index (κ2) is 7.27. The van der Waals surface area contributed by atoms with Crippen molar-refractivity contribution in [3.8, 4) is 0 Å². The van der Waals surface area contributed by atoms with Crippen LogP contribution < -0.4 is 10.6 Å². The smallest absolute Gasteiger partial charge is 0.353 e. The van der Waals surface area contributed by atoms with Crippen LogP contribution in [0.2, 0.25) is 0 Å². The summed E-state index contributed by atoms with van der Waals surface area (Å²) in [6.45, 7) is 2.09. The number of rotatable bonds is 3. The van der Waals surface area contributed by atoms with Crippen molar-refractivity contribution in [2.45, 2.75) is 44.3 Å². The van der Waals surface area contributed by atoms with E-state index >= 15 is 0 Å². The average molecular weight is 378 g/mol. The van der Waals surface area contributed by atoms with Gasteiger partial charge in [0.15, 0.2) is 5.11 Å². The van der Waals surface area contributed by atoms with E-state index in [9.17, 15) is 13.2 Å². The molecular formula is C20H21F3N2S. The first kappa shape index (κ1) is 18.7. The van der Waals surface area contributed by atoms with Crippen LogP contribution >= 0.6 is 12.2 Å². The van der Waals surface area contributed by atoms with E-state index < -0.39 is 11.7 Å². The molecule has 1 fully saturated rings. The normalized spacial score (nSPS) is 16.3. The van der Waals surface area contributed by atoms with E-state index in [-0.39, 0.29) is 5.54 Å². The number of thiocarbonyl (C=S) groups is 1. The Morgan fingerprint density at radius 1 is 1.00 bits per heavy atom. The van der Waals surface area contributed by atoms with Crippen LogP contribution in [-0.4, -0.2) is 5.11 Å². The third kappa shape index (κ3) is 4.01. The lowest BCUT2D eigenvalue weighted by Crippen LogP contribution is -2.46. The van der Waals surface area contributed by atoms with Crippen molar-refractivity contribution in [2.24, 2.45) is 0 Å². The molecule has 2 aromatic rings. The first-order chi connectivity index (χ1) is 12.3. The first-order valence-corrected chi connectivity index (χ1v) is 9.04. The molecular weight excluding hydrogens is 357 g/mol. The fraction of sp³-hybridized carbons (Fsp3) is 0.350. The molecule has 0 bridgehead atoms. The molecule has 0 radical (unpaired) electrons. The number of halogens is 3. The number of hydrogen-bond donors (Lipinski definition) is 2. The molecule has 1 saturated carbocycles. The van der Waals surface area contributed by atoms with Crippen LogP contribution in [0.25, 0.3) is 0 Å². The molecule has 138 valence electrons. The van der Waals surface area contributed by atoms with Gasteiger partial charge in [-0.1, -0.05) is 37.1 Å². The first-order valence-electron chi connectivity index (χ1n) is 8.63. The Bertz CT molecular complexity index is 778. The molecule has 2 aromatic carbocycles. The monoisotopic (exact) mass is 378 g/mol. The maximum atomic E-state index is 12.7. The molecule has 0 aromatic heterocycles. The van der Waals surface area contributed by atoms with Crippen LogP contribution in [0.3, 0.4) is 0 Å². The van der Waals surface area contributed by atoms with Crippen LogP contribution in [0.4, 0.5) is 18.9 Å². The van der Waals surface area contributed by atoms with Crippen molar-refractivity contribution in [3.63, 3.8) is 0 Å². The number of hydrogen-bond acceptors (Lipinski definition) is 1. The molecule has 1 aliphatic rings. The topological polar surface area (TPSA) is 24.1 Å². The maximum Gasteiger partial charge on any atom is 0.416 e. The zero-order valence-electron chi connectivity index (χ0n) is 14.5. The van der Waals surface area contributed by atoms with E-state index in [1.165, 1.54) is 23.3 Å². The standard InChI is InChI=1S/C20H21F3N2S/c1-14-6-2-3-7-17(14)19(12-4-5-13-19)25-18(26)24-16-10-8-15(9-11-16)20(21,22)23/h2-3,6-11H,4-5,12-13H2,1H3,(H2,24,25,26). The van der Waals surface area contributed by atoms with Crippen molar-refractivity contribution < 1.29 is 13.2 Å². The fourth-order valence-electron chi connectivity index (χ4n) is 3.67. The predicted molar refractivity (Wildman–Crippen MR) is 102 cm³/mol. The minimum Gasteiger partial charge on any atom is -0.353 e. The molecule has 26 heavy (non-hydrogen) atoms. The summed E-state index contributed by atoms with van der Waals surface area (Å²) in [6, 6.07) is 13.1. The van der Waals surface area contributed by atoms with E-state index in [0.717, 1.165) is 37.8 Å². The predicted octanol–water partition coefficient (Wildman–Crippen LogP) is 5.77. The molecule has 0 saturated heterocycles. The highest BCUT2D eigenvalue weighted by molar-refractivity contribution is 7.80. The maximum absolute atomic E-state index is 12.7. The highest BCUT2D eigenvalue weighted by Crippen LogP contribution is 2.40. The third-order valence-electron chi connectivity index (χ3n) is 4.94. The Morgan fingerprint density at radius 3 is 2.19 bits per heavy atom. The average Bonchev–Trinajstić information content (AvgIpc) is 3.04. The van der Waals surface area contributed by atoms with E-state index in [1.54, 1.807) is 0 Å². The van der Waals surface area contributed by atoms with Gasteiger partial charge in [0, 0.05) is 5.69 Å². The molecule has 0 amide bonds. The second-order valence-corrected chi connectivity index (χ2v) is 7.17. The van der Waals surface area contributed by atoms with Gasteiger partial charge in [0.05, 0.1) is 11.1 Å². The number of alkyl halides is 3. The van der Waals surface area contributed by atoms with Crippen molar-refractivity contribution >= 4 is 23.0 Å². The Hall–Kier alpha value is -2.08. The molecule has 0 heterocycles. The van der Waals surface area contributed by atoms with Crippen LogP contribution in [0, 0.1) is 6.92 Å². The van der Waals surface area contributed by atoms with E-state index in [1.807, 2.05) is 12.1 Å². The molecule has 6 heteroatoms. The minimum absolute atomic E-state index is 0.221. The van der Waals surface area contributed by atoms with Gasteiger partial charge in [-0.3, -0.25) is 0 Å². The van der Waals surface area contributed by atoms with Crippen molar-refractivity contribution in [1.82, 2.24) is 5.32 Å². The Labute approximate surface area is 156 Å². The van der Waals surface area contributed by atoms with Crippen LogP contribution in [-0.2, 0) is 11.7 Å².